The molecule has 0 atom stereocenters. The zero-order valence-corrected chi connectivity index (χ0v) is 11.4. The van der Waals surface area contributed by atoms with Gasteiger partial charge in [0.2, 0.25) is 0 Å². The average molecular weight is 311 g/mol. The van der Waals surface area contributed by atoms with Crippen LogP contribution in [-0.4, -0.2) is 12.0 Å². The predicted molar refractivity (Wildman–Crippen MR) is 72.2 cm³/mol. The molecule has 0 radical (unpaired) electrons. The maximum atomic E-state index is 13.4. The van der Waals surface area contributed by atoms with E-state index < -0.39 is 0 Å². The zero-order chi connectivity index (χ0) is 13.0. The van der Waals surface area contributed by atoms with Gasteiger partial charge >= 0.3 is 0 Å². The molecule has 3 nitrogen and oxygen atoms in total. The second-order valence-electron chi connectivity index (χ2n) is 3.63. The number of halogens is 2. The summed E-state index contributed by atoms with van der Waals surface area (Å²) in [6, 6.07) is 10.1. The molecule has 1 heterocycles. The fraction of sp³-hybridized carbons (Fsp3) is 0.154. The van der Waals surface area contributed by atoms with Crippen LogP contribution in [0.4, 0.5) is 10.2 Å². The van der Waals surface area contributed by atoms with Crippen LogP contribution >= 0.6 is 15.9 Å². The second-order valence-corrected chi connectivity index (χ2v) is 4.54. The molecule has 0 aliphatic rings. The largest absolute Gasteiger partial charge is 0.484 e. The quantitative estimate of drug-likeness (QED) is 0.937. The molecule has 2 aromatic rings. The first-order valence-electron chi connectivity index (χ1n) is 5.40. The molecular weight excluding hydrogens is 299 g/mol. The van der Waals surface area contributed by atoms with Crippen molar-refractivity contribution in [3.63, 3.8) is 0 Å². The number of hydrogen-bond donors (Lipinski definition) is 1. The molecule has 0 saturated heterocycles. The first kappa shape index (κ1) is 12.8. The predicted octanol–water partition coefficient (Wildman–Crippen LogP) is 3.60. The number of ether oxygens (including phenoxy) is 1. The van der Waals surface area contributed by atoms with Gasteiger partial charge in [0, 0.05) is 11.5 Å². The Bertz CT molecular complexity index is 548. The Morgan fingerprint density at radius 2 is 2.17 bits per heavy atom. The van der Waals surface area contributed by atoms with E-state index in [-0.39, 0.29) is 18.2 Å². The lowest BCUT2D eigenvalue weighted by Gasteiger charge is -2.08. The van der Waals surface area contributed by atoms with Crippen molar-refractivity contribution in [3.05, 3.63) is 52.4 Å². The van der Waals surface area contributed by atoms with E-state index in [1.807, 2.05) is 18.2 Å². The van der Waals surface area contributed by atoms with Crippen molar-refractivity contribution in [3.8, 4) is 5.75 Å². The van der Waals surface area contributed by atoms with Gasteiger partial charge in [0.05, 0.1) is 5.69 Å². The van der Waals surface area contributed by atoms with Crippen LogP contribution in [0.1, 0.15) is 5.69 Å². The summed E-state index contributed by atoms with van der Waals surface area (Å²) in [7, 11) is 1.79. The SMILES string of the molecule is CNc1cccc(COc2cc(Br)ccc2F)n1. The van der Waals surface area contributed by atoms with Crippen molar-refractivity contribution in [2.24, 2.45) is 0 Å². The summed E-state index contributed by atoms with van der Waals surface area (Å²) < 4.78 is 19.6. The first-order valence-corrected chi connectivity index (χ1v) is 6.20. The number of nitrogens with one attached hydrogen (secondary N) is 1. The van der Waals surface area contributed by atoms with E-state index in [0.717, 1.165) is 16.0 Å². The highest BCUT2D eigenvalue weighted by Crippen LogP contribution is 2.23. The lowest BCUT2D eigenvalue weighted by atomic mass is 10.3. The van der Waals surface area contributed by atoms with Crippen molar-refractivity contribution in [1.29, 1.82) is 0 Å². The van der Waals surface area contributed by atoms with Gasteiger partial charge in [-0.3, -0.25) is 0 Å². The third-order valence-corrected chi connectivity index (χ3v) is 2.82. The molecule has 1 aromatic carbocycles. The van der Waals surface area contributed by atoms with Gasteiger partial charge in [0.15, 0.2) is 11.6 Å². The van der Waals surface area contributed by atoms with E-state index in [1.54, 1.807) is 19.2 Å². The monoisotopic (exact) mass is 310 g/mol. The Labute approximate surface area is 113 Å². The van der Waals surface area contributed by atoms with Gasteiger partial charge in [-0.25, -0.2) is 9.37 Å². The van der Waals surface area contributed by atoms with Gasteiger partial charge in [0.25, 0.3) is 0 Å². The van der Waals surface area contributed by atoms with Gasteiger partial charge < -0.3 is 10.1 Å². The summed E-state index contributed by atoms with van der Waals surface area (Å²) in [6.45, 7) is 0.225. The van der Waals surface area contributed by atoms with E-state index in [0.29, 0.717) is 0 Å². The minimum absolute atomic E-state index is 0.209. The maximum absolute atomic E-state index is 13.4. The highest BCUT2D eigenvalue weighted by molar-refractivity contribution is 9.10. The van der Waals surface area contributed by atoms with Crippen LogP contribution in [-0.2, 0) is 6.61 Å². The smallest absolute Gasteiger partial charge is 0.165 e. The summed E-state index contributed by atoms with van der Waals surface area (Å²) in [5.41, 5.74) is 0.737. The molecule has 0 aliphatic heterocycles. The highest BCUT2D eigenvalue weighted by atomic mass is 79.9. The van der Waals surface area contributed by atoms with Crippen LogP contribution in [0.5, 0.6) is 5.75 Å². The lowest BCUT2D eigenvalue weighted by Crippen LogP contribution is -2.01. The van der Waals surface area contributed by atoms with Crippen LogP contribution in [0.2, 0.25) is 0 Å². The number of pyridine rings is 1. The third kappa shape index (κ3) is 3.20. The molecular formula is C13H12BrFN2O. The molecule has 94 valence electrons. The standard InChI is InChI=1S/C13H12BrFN2O/c1-16-13-4-2-3-10(17-13)8-18-12-7-9(14)5-6-11(12)15/h2-7H,8H2,1H3,(H,16,17). The van der Waals surface area contributed by atoms with E-state index in [4.69, 9.17) is 4.74 Å². The molecule has 1 aromatic heterocycles. The lowest BCUT2D eigenvalue weighted by molar-refractivity contribution is 0.286. The Kier molecular flexibility index (Phi) is 4.15. The molecule has 2 rings (SSSR count). The molecule has 0 fully saturated rings. The average Bonchev–Trinajstić information content (AvgIpc) is 2.40. The van der Waals surface area contributed by atoms with Crippen molar-refractivity contribution in [2.45, 2.75) is 6.61 Å². The molecule has 18 heavy (non-hydrogen) atoms. The maximum Gasteiger partial charge on any atom is 0.165 e. The van der Waals surface area contributed by atoms with Gasteiger partial charge in [0.1, 0.15) is 12.4 Å². The van der Waals surface area contributed by atoms with Crippen molar-refractivity contribution in [1.82, 2.24) is 4.98 Å². The Morgan fingerprint density at radius 1 is 1.33 bits per heavy atom. The fourth-order valence-electron chi connectivity index (χ4n) is 1.44. The second kappa shape index (κ2) is 5.82. The van der Waals surface area contributed by atoms with Gasteiger partial charge in [-0.05, 0) is 30.3 Å². The summed E-state index contributed by atoms with van der Waals surface area (Å²) in [4.78, 5) is 4.29. The third-order valence-electron chi connectivity index (χ3n) is 2.33. The Hall–Kier alpha value is -1.62. The molecule has 0 saturated carbocycles. The summed E-state index contributed by atoms with van der Waals surface area (Å²) in [5.74, 6) is 0.579. The number of rotatable bonds is 4. The number of hydrogen-bond acceptors (Lipinski definition) is 3. The van der Waals surface area contributed by atoms with Crippen LogP contribution in [0.25, 0.3) is 0 Å². The normalized spacial score (nSPS) is 10.2. The fourth-order valence-corrected chi connectivity index (χ4v) is 1.78. The molecule has 0 aliphatic carbocycles. The Morgan fingerprint density at radius 3 is 2.94 bits per heavy atom. The van der Waals surface area contributed by atoms with E-state index in [2.05, 4.69) is 26.2 Å². The number of benzene rings is 1. The van der Waals surface area contributed by atoms with E-state index >= 15 is 0 Å². The summed E-state index contributed by atoms with van der Waals surface area (Å²) >= 11 is 3.27. The van der Waals surface area contributed by atoms with Crippen LogP contribution in [0.3, 0.4) is 0 Å². The van der Waals surface area contributed by atoms with Gasteiger partial charge in [-0.1, -0.05) is 22.0 Å². The number of anilines is 1. The topological polar surface area (TPSA) is 34.1 Å². The summed E-state index contributed by atoms with van der Waals surface area (Å²) in [6.07, 6.45) is 0. The number of nitrogens with zero attached hydrogens (tertiary/aromatic N) is 1. The van der Waals surface area contributed by atoms with Crippen molar-refractivity contribution < 1.29 is 9.13 Å². The summed E-state index contributed by atoms with van der Waals surface area (Å²) in [5, 5.41) is 2.94. The van der Waals surface area contributed by atoms with Crippen LogP contribution in [0.15, 0.2) is 40.9 Å². The van der Waals surface area contributed by atoms with Gasteiger partial charge in [-0.15, -0.1) is 0 Å². The Balaban J connectivity index is 2.08. The van der Waals surface area contributed by atoms with Crippen LogP contribution in [0, 0.1) is 5.82 Å². The molecule has 0 unspecified atom stereocenters. The van der Waals surface area contributed by atoms with E-state index in [1.165, 1.54) is 6.07 Å². The minimum Gasteiger partial charge on any atom is -0.484 e. The van der Waals surface area contributed by atoms with E-state index in [9.17, 15) is 4.39 Å². The van der Waals surface area contributed by atoms with Crippen molar-refractivity contribution >= 4 is 21.7 Å². The molecule has 0 amide bonds. The minimum atomic E-state index is -0.386. The first-order chi connectivity index (χ1) is 8.69. The van der Waals surface area contributed by atoms with Gasteiger partial charge in [-0.2, -0.15) is 0 Å². The molecule has 0 bridgehead atoms. The molecule has 1 N–H and O–H groups in total. The van der Waals surface area contributed by atoms with Crippen LogP contribution < -0.4 is 10.1 Å². The number of aromatic nitrogens is 1. The van der Waals surface area contributed by atoms with Crippen molar-refractivity contribution in [2.75, 3.05) is 12.4 Å². The molecule has 0 spiro atoms. The zero-order valence-electron chi connectivity index (χ0n) is 9.78. The molecule has 5 heteroatoms. The highest BCUT2D eigenvalue weighted by Gasteiger charge is 2.05.